The molecule has 10 heteroatoms. The average molecular weight is 202 g/mol. The highest BCUT2D eigenvalue weighted by atomic mass is 19.3. The molecule has 0 aromatic carbocycles. The number of halogens is 2. The molecule has 7 nitrogen and oxygen atoms in total. The molecule has 0 aliphatic rings. The van der Waals surface area contributed by atoms with Gasteiger partial charge in [-0.1, -0.05) is 0 Å². The summed E-state index contributed by atoms with van der Waals surface area (Å²) in [6.07, 6.45) is -1.06. The zero-order chi connectivity index (χ0) is 10.9. The van der Waals surface area contributed by atoms with Crippen LogP contribution < -0.4 is 0 Å². The summed E-state index contributed by atoms with van der Waals surface area (Å²) in [7, 11) is -2.17. The van der Waals surface area contributed by atoms with Crippen LogP contribution in [0.4, 0.5) is 9.05 Å². The van der Waals surface area contributed by atoms with Crippen LogP contribution in [0.1, 0.15) is 6.42 Å². The summed E-state index contributed by atoms with van der Waals surface area (Å²) >= 11 is 0. The Morgan fingerprint density at radius 1 is 1.08 bits per heavy atom. The molecule has 0 aliphatic heterocycles. The van der Waals surface area contributed by atoms with Crippen LogP contribution in [0.5, 0.6) is 0 Å². The van der Waals surface area contributed by atoms with E-state index in [2.05, 4.69) is 9.88 Å². The lowest BCUT2D eigenvalue weighted by molar-refractivity contribution is -0.197. The predicted octanol–water partition coefficient (Wildman–Crippen LogP) is -1.82. The molecular formula is C3H5BF2O7. The first-order chi connectivity index (χ1) is 5.93. The fourth-order valence-electron chi connectivity index (χ4n) is 0.172. The summed E-state index contributed by atoms with van der Waals surface area (Å²) in [5.74, 6) is -2.98. The van der Waals surface area contributed by atoms with Gasteiger partial charge in [0, 0.05) is 9.05 Å². The number of carbonyl (C=O) groups excluding carboxylic acids is 2. The first kappa shape index (κ1) is 14.3. The van der Waals surface area contributed by atoms with Crippen LogP contribution in [0.2, 0.25) is 0 Å². The Hall–Kier alpha value is -1.26. The van der Waals surface area contributed by atoms with Crippen LogP contribution in [0.3, 0.4) is 0 Å². The van der Waals surface area contributed by atoms with Gasteiger partial charge in [-0.05, 0) is 0 Å². The van der Waals surface area contributed by atoms with Gasteiger partial charge in [0.2, 0.25) is 0 Å². The molecule has 0 atom stereocenters. The Morgan fingerprint density at radius 2 is 1.31 bits per heavy atom. The van der Waals surface area contributed by atoms with E-state index in [0.717, 1.165) is 0 Å². The maximum absolute atomic E-state index is 10.7. The standard InChI is InChI=1S/C3H2F2O4.BH3O3/c4-8-2(6)1-3(7)9-5;2-1(3)4/h1H2;2-4H. The van der Waals surface area contributed by atoms with Gasteiger partial charge in [0.15, 0.2) is 6.42 Å². The molecule has 13 heavy (non-hydrogen) atoms. The molecule has 0 amide bonds. The second-order valence-electron chi connectivity index (χ2n) is 1.42. The smallest absolute Gasteiger partial charge is 0.402 e. The topological polar surface area (TPSA) is 113 Å². The minimum Gasteiger partial charge on any atom is -0.402 e. The van der Waals surface area contributed by atoms with Crippen molar-refractivity contribution in [3.63, 3.8) is 0 Å². The molecule has 0 aromatic heterocycles. The van der Waals surface area contributed by atoms with Crippen LogP contribution in [-0.2, 0) is 19.5 Å². The van der Waals surface area contributed by atoms with E-state index in [1.54, 1.807) is 0 Å². The monoisotopic (exact) mass is 202 g/mol. The Kier molecular flexibility index (Phi) is 9.71. The van der Waals surface area contributed by atoms with Crippen LogP contribution >= 0.6 is 0 Å². The van der Waals surface area contributed by atoms with Crippen LogP contribution in [0, 0.1) is 0 Å². The van der Waals surface area contributed by atoms with Gasteiger partial charge < -0.3 is 15.1 Å². The average Bonchev–Trinajstić information content (AvgIpc) is 2.03. The molecule has 0 radical (unpaired) electrons. The van der Waals surface area contributed by atoms with Crippen LogP contribution in [0.15, 0.2) is 0 Å². The van der Waals surface area contributed by atoms with Crippen molar-refractivity contribution in [1.29, 1.82) is 0 Å². The summed E-state index contributed by atoms with van der Waals surface area (Å²) in [6, 6.07) is 0. The minimum absolute atomic E-state index is 1.06. The van der Waals surface area contributed by atoms with Gasteiger partial charge in [-0.2, -0.15) is 0 Å². The van der Waals surface area contributed by atoms with Gasteiger partial charge >= 0.3 is 19.3 Å². The van der Waals surface area contributed by atoms with Crippen molar-refractivity contribution in [2.45, 2.75) is 6.42 Å². The van der Waals surface area contributed by atoms with E-state index >= 15 is 0 Å². The van der Waals surface area contributed by atoms with E-state index in [1.165, 1.54) is 0 Å². The van der Waals surface area contributed by atoms with Crippen molar-refractivity contribution >= 4 is 19.3 Å². The fourth-order valence-corrected chi connectivity index (χ4v) is 0.172. The molecule has 0 saturated heterocycles. The van der Waals surface area contributed by atoms with Gasteiger partial charge in [0.25, 0.3) is 0 Å². The van der Waals surface area contributed by atoms with Crippen molar-refractivity contribution in [3.05, 3.63) is 0 Å². The van der Waals surface area contributed by atoms with E-state index in [-0.39, 0.29) is 0 Å². The third-order valence-electron chi connectivity index (χ3n) is 0.461. The van der Waals surface area contributed by atoms with E-state index in [4.69, 9.17) is 15.1 Å². The highest BCUT2D eigenvalue weighted by Gasteiger charge is 2.12. The second-order valence-corrected chi connectivity index (χ2v) is 1.42. The summed E-state index contributed by atoms with van der Waals surface area (Å²) in [4.78, 5) is 24.5. The molecule has 0 aromatic rings. The quantitative estimate of drug-likeness (QED) is 0.356. The molecule has 0 saturated carbocycles. The Labute approximate surface area is 70.5 Å². The molecule has 76 valence electrons. The number of hydrogen-bond acceptors (Lipinski definition) is 7. The van der Waals surface area contributed by atoms with E-state index in [9.17, 15) is 18.6 Å². The van der Waals surface area contributed by atoms with E-state index in [0.29, 0.717) is 0 Å². The van der Waals surface area contributed by atoms with Gasteiger partial charge in [-0.25, -0.2) is 9.59 Å². The first-order valence-corrected chi connectivity index (χ1v) is 2.61. The normalized spacial score (nSPS) is 7.77. The van der Waals surface area contributed by atoms with Crippen molar-refractivity contribution in [2.75, 3.05) is 0 Å². The number of hydrogen-bond donors (Lipinski definition) is 3. The zero-order valence-corrected chi connectivity index (χ0v) is 6.02. The van der Waals surface area contributed by atoms with Gasteiger partial charge in [0.1, 0.15) is 0 Å². The van der Waals surface area contributed by atoms with Crippen molar-refractivity contribution in [3.8, 4) is 0 Å². The molecular weight excluding hydrogens is 197 g/mol. The lowest BCUT2D eigenvalue weighted by Crippen LogP contribution is -2.07. The summed E-state index contributed by atoms with van der Waals surface area (Å²) in [6.45, 7) is 0. The molecule has 0 spiro atoms. The van der Waals surface area contributed by atoms with E-state index in [1.807, 2.05) is 0 Å². The molecule has 0 fully saturated rings. The Morgan fingerprint density at radius 3 is 1.46 bits per heavy atom. The summed E-state index contributed by atoms with van der Waals surface area (Å²) in [5.41, 5.74) is 0. The fraction of sp³-hybridized carbons (Fsp3) is 0.333. The Bertz CT molecular complexity index is 145. The van der Waals surface area contributed by atoms with Gasteiger partial charge in [-0.15, -0.1) is 0 Å². The summed E-state index contributed by atoms with van der Waals surface area (Å²) < 4.78 is 21.4. The van der Waals surface area contributed by atoms with Crippen LogP contribution in [-0.4, -0.2) is 34.3 Å². The molecule has 0 unspecified atom stereocenters. The maximum atomic E-state index is 10.7. The maximum Gasteiger partial charge on any atom is 0.631 e. The third kappa shape index (κ3) is 18.1. The second kappa shape index (κ2) is 8.84. The van der Waals surface area contributed by atoms with Crippen LogP contribution in [0.25, 0.3) is 0 Å². The van der Waals surface area contributed by atoms with Crippen molar-refractivity contribution in [2.24, 2.45) is 0 Å². The molecule has 0 rings (SSSR count). The third-order valence-corrected chi connectivity index (χ3v) is 0.461. The lowest BCUT2D eigenvalue weighted by Gasteiger charge is -1.87. The minimum atomic E-state index is -2.17. The summed E-state index contributed by atoms with van der Waals surface area (Å²) in [5, 5.41) is 21.5. The largest absolute Gasteiger partial charge is 0.631 e. The highest BCUT2D eigenvalue weighted by molar-refractivity contribution is 6.30. The van der Waals surface area contributed by atoms with Gasteiger partial charge in [-0.3, -0.25) is 9.88 Å². The molecule has 3 N–H and O–H groups in total. The number of carbonyl (C=O) groups is 2. The first-order valence-electron chi connectivity index (χ1n) is 2.61. The van der Waals surface area contributed by atoms with E-state index < -0.39 is 25.7 Å². The molecule has 0 heterocycles. The predicted molar refractivity (Wildman–Crippen MR) is 31.4 cm³/mol. The van der Waals surface area contributed by atoms with Crippen molar-refractivity contribution in [1.82, 2.24) is 0 Å². The zero-order valence-electron chi connectivity index (χ0n) is 6.02. The molecule has 0 bridgehead atoms. The Balaban J connectivity index is 0. The van der Waals surface area contributed by atoms with Crippen molar-refractivity contribution < 1.29 is 43.6 Å². The highest BCUT2D eigenvalue weighted by Crippen LogP contribution is 1.90. The lowest BCUT2D eigenvalue weighted by atomic mass is 10.3. The van der Waals surface area contributed by atoms with Gasteiger partial charge in [0.05, 0.1) is 0 Å². The number of rotatable bonds is 2. The SMILES string of the molecule is O=C(CC(=O)OF)OF.OB(O)O. The molecule has 0 aliphatic carbocycles.